The van der Waals surface area contributed by atoms with Gasteiger partial charge in [-0.3, -0.25) is 0 Å². The van der Waals surface area contributed by atoms with Gasteiger partial charge in [-0.15, -0.1) is 0 Å². The third-order valence-electron chi connectivity index (χ3n) is 2.19. The van der Waals surface area contributed by atoms with Crippen LogP contribution in [0.4, 0.5) is 13.2 Å². The summed E-state index contributed by atoms with van der Waals surface area (Å²) in [4.78, 5) is 0. The monoisotopic (exact) mass is 215 g/mol. The molecule has 0 radical (unpaired) electrons. The minimum Gasteiger partial charge on any atom is -0.394 e. The number of halogens is 3. The summed E-state index contributed by atoms with van der Waals surface area (Å²) in [6.07, 6.45) is -4.80. The summed E-state index contributed by atoms with van der Waals surface area (Å²) in [7, 11) is 0. The smallest absolute Gasteiger partial charge is 0.390 e. The molecule has 3 N–H and O–H groups in total. The Bertz CT molecular complexity index is 149. The average Bonchev–Trinajstić information content (AvgIpc) is 2.11. The van der Waals surface area contributed by atoms with Gasteiger partial charge in [0.15, 0.2) is 0 Å². The molecule has 0 bridgehead atoms. The van der Waals surface area contributed by atoms with Crippen molar-refractivity contribution in [2.24, 2.45) is 0 Å². The van der Waals surface area contributed by atoms with E-state index in [0.29, 0.717) is 6.42 Å². The molecule has 0 aromatic carbocycles. The molecule has 0 aliphatic carbocycles. The molecule has 0 atom stereocenters. The van der Waals surface area contributed by atoms with Crippen molar-refractivity contribution in [2.45, 2.75) is 31.5 Å². The molecule has 0 unspecified atom stereocenters. The summed E-state index contributed by atoms with van der Waals surface area (Å²) >= 11 is 0. The van der Waals surface area contributed by atoms with Crippen molar-refractivity contribution in [1.82, 2.24) is 5.32 Å². The quantitative estimate of drug-likeness (QED) is 0.610. The molecule has 0 spiro atoms. The van der Waals surface area contributed by atoms with Gasteiger partial charge in [0.05, 0.1) is 25.2 Å². The minimum absolute atomic E-state index is 0.293. The maximum Gasteiger partial charge on any atom is 0.390 e. The molecule has 0 saturated heterocycles. The molecule has 86 valence electrons. The highest BCUT2D eigenvalue weighted by molar-refractivity contribution is 4.85. The number of nitrogens with one attached hydrogen (secondary N) is 1. The van der Waals surface area contributed by atoms with Crippen LogP contribution in [0.15, 0.2) is 0 Å². The van der Waals surface area contributed by atoms with Crippen LogP contribution in [0, 0.1) is 0 Å². The third-order valence-corrected chi connectivity index (χ3v) is 2.19. The Morgan fingerprint density at radius 2 is 1.64 bits per heavy atom. The van der Waals surface area contributed by atoms with Gasteiger partial charge in [0.25, 0.3) is 0 Å². The van der Waals surface area contributed by atoms with Crippen LogP contribution in [0.1, 0.15) is 19.8 Å². The molecule has 0 heterocycles. The van der Waals surface area contributed by atoms with Crippen LogP contribution in [-0.4, -0.2) is 41.7 Å². The summed E-state index contributed by atoms with van der Waals surface area (Å²) < 4.78 is 35.3. The van der Waals surface area contributed by atoms with Crippen LogP contribution in [0.3, 0.4) is 0 Å². The number of hydrogen-bond donors (Lipinski definition) is 3. The highest BCUT2D eigenvalue weighted by Crippen LogP contribution is 2.19. The molecule has 0 saturated carbocycles. The fourth-order valence-electron chi connectivity index (χ4n) is 0.980. The van der Waals surface area contributed by atoms with Gasteiger partial charge in [0, 0.05) is 6.54 Å². The van der Waals surface area contributed by atoms with Gasteiger partial charge in [-0.05, 0) is 6.42 Å². The summed E-state index contributed by atoms with van der Waals surface area (Å²) in [5, 5.41) is 20.3. The standard InChI is InChI=1S/C8H16F3NO2/c1-2-7(5-13,6-14)12-4-3-8(9,10)11/h12-14H,2-6H2,1H3. The topological polar surface area (TPSA) is 52.5 Å². The predicted octanol–water partition coefficient (Wildman–Crippen LogP) is 0.662. The van der Waals surface area contributed by atoms with E-state index in [4.69, 9.17) is 10.2 Å². The van der Waals surface area contributed by atoms with E-state index in [2.05, 4.69) is 5.32 Å². The first-order chi connectivity index (χ1) is 6.39. The van der Waals surface area contributed by atoms with Crippen LogP contribution in [0.25, 0.3) is 0 Å². The van der Waals surface area contributed by atoms with Gasteiger partial charge < -0.3 is 15.5 Å². The van der Waals surface area contributed by atoms with Gasteiger partial charge in [-0.2, -0.15) is 13.2 Å². The molecule has 0 amide bonds. The Hall–Kier alpha value is -0.330. The second-order valence-electron chi connectivity index (χ2n) is 3.24. The van der Waals surface area contributed by atoms with E-state index in [-0.39, 0.29) is 19.8 Å². The van der Waals surface area contributed by atoms with E-state index in [0.717, 1.165) is 0 Å². The van der Waals surface area contributed by atoms with Gasteiger partial charge in [-0.25, -0.2) is 0 Å². The molecule has 0 aliphatic heterocycles. The normalized spacial score (nSPS) is 13.3. The largest absolute Gasteiger partial charge is 0.394 e. The Morgan fingerprint density at radius 3 is 1.93 bits per heavy atom. The van der Waals surface area contributed by atoms with Gasteiger partial charge in [0.2, 0.25) is 0 Å². The number of aliphatic hydroxyl groups excluding tert-OH is 2. The summed E-state index contributed by atoms with van der Waals surface area (Å²) in [5.74, 6) is 0. The fourth-order valence-corrected chi connectivity index (χ4v) is 0.980. The van der Waals surface area contributed by atoms with Gasteiger partial charge >= 0.3 is 6.18 Å². The van der Waals surface area contributed by atoms with Gasteiger partial charge in [-0.1, -0.05) is 6.92 Å². The second kappa shape index (κ2) is 5.53. The van der Waals surface area contributed by atoms with Crippen molar-refractivity contribution in [3.63, 3.8) is 0 Å². The Labute approximate surface area is 80.9 Å². The first-order valence-electron chi connectivity index (χ1n) is 4.42. The molecule has 0 aromatic rings. The third kappa shape index (κ3) is 4.78. The summed E-state index contributed by atoms with van der Waals surface area (Å²) in [5.41, 5.74) is -0.995. The van der Waals surface area contributed by atoms with E-state index in [1.54, 1.807) is 6.92 Å². The van der Waals surface area contributed by atoms with Crippen LogP contribution in [0.2, 0.25) is 0 Å². The Morgan fingerprint density at radius 1 is 1.14 bits per heavy atom. The molecule has 0 aromatic heterocycles. The SMILES string of the molecule is CCC(CO)(CO)NCCC(F)(F)F. The van der Waals surface area contributed by atoms with Crippen LogP contribution in [0.5, 0.6) is 0 Å². The Kier molecular flexibility index (Phi) is 5.40. The zero-order valence-corrected chi connectivity index (χ0v) is 8.06. The number of rotatable bonds is 6. The first kappa shape index (κ1) is 13.7. The van der Waals surface area contributed by atoms with Crippen molar-refractivity contribution in [1.29, 1.82) is 0 Å². The van der Waals surface area contributed by atoms with E-state index in [9.17, 15) is 13.2 Å². The lowest BCUT2D eigenvalue weighted by Gasteiger charge is -2.30. The van der Waals surface area contributed by atoms with E-state index in [1.807, 2.05) is 0 Å². The molecule has 3 nitrogen and oxygen atoms in total. The van der Waals surface area contributed by atoms with E-state index < -0.39 is 18.1 Å². The van der Waals surface area contributed by atoms with Crippen molar-refractivity contribution < 1.29 is 23.4 Å². The van der Waals surface area contributed by atoms with Crippen molar-refractivity contribution >= 4 is 0 Å². The summed E-state index contributed by atoms with van der Waals surface area (Å²) in [6, 6.07) is 0. The molecular formula is C8H16F3NO2. The van der Waals surface area contributed by atoms with Crippen LogP contribution >= 0.6 is 0 Å². The molecule has 0 aliphatic rings. The first-order valence-corrected chi connectivity index (χ1v) is 4.42. The van der Waals surface area contributed by atoms with Gasteiger partial charge in [0.1, 0.15) is 0 Å². The van der Waals surface area contributed by atoms with Crippen LogP contribution in [-0.2, 0) is 0 Å². The molecule has 14 heavy (non-hydrogen) atoms. The predicted molar refractivity (Wildman–Crippen MR) is 45.9 cm³/mol. The maximum atomic E-state index is 11.8. The van der Waals surface area contributed by atoms with Crippen molar-refractivity contribution in [3.8, 4) is 0 Å². The van der Waals surface area contributed by atoms with E-state index in [1.165, 1.54) is 0 Å². The van der Waals surface area contributed by atoms with E-state index >= 15 is 0 Å². The molecule has 0 fully saturated rings. The molecule has 6 heteroatoms. The fraction of sp³-hybridized carbons (Fsp3) is 1.00. The van der Waals surface area contributed by atoms with Crippen molar-refractivity contribution in [3.05, 3.63) is 0 Å². The average molecular weight is 215 g/mol. The van der Waals surface area contributed by atoms with Crippen molar-refractivity contribution in [2.75, 3.05) is 19.8 Å². The molecular weight excluding hydrogens is 199 g/mol. The number of hydrogen-bond acceptors (Lipinski definition) is 3. The summed E-state index contributed by atoms with van der Waals surface area (Å²) in [6.45, 7) is 0.640. The maximum absolute atomic E-state index is 11.8. The zero-order chi connectivity index (χ0) is 11.2. The lowest BCUT2D eigenvalue weighted by atomic mass is 9.98. The van der Waals surface area contributed by atoms with Crippen LogP contribution < -0.4 is 5.32 Å². The highest BCUT2D eigenvalue weighted by Gasteiger charge is 2.30. The molecule has 0 rings (SSSR count). The lowest BCUT2D eigenvalue weighted by molar-refractivity contribution is -0.134. The second-order valence-corrected chi connectivity index (χ2v) is 3.24. The highest BCUT2D eigenvalue weighted by atomic mass is 19.4. The number of alkyl halides is 3. The number of aliphatic hydroxyl groups is 2. The minimum atomic E-state index is -4.21. The Balaban J connectivity index is 3.95. The lowest BCUT2D eigenvalue weighted by Crippen LogP contribution is -2.52. The zero-order valence-electron chi connectivity index (χ0n) is 8.06.